The third-order valence-electron chi connectivity index (χ3n) is 4.67. The fraction of sp³-hybridized carbons (Fsp3) is 0.292. The number of aromatic nitrogens is 1. The van der Waals surface area contributed by atoms with E-state index in [2.05, 4.69) is 18.9 Å². The number of benzene rings is 2. The molecule has 0 saturated heterocycles. The first-order chi connectivity index (χ1) is 14.5. The SMILES string of the molecule is CCCN(C)CCOc1ccc(-n2ccc(OCc3ccc(F)cc3)cc2=O)cc1. The summed E-state index contributed by atoms with van der Waals surface area (Å²) in [6.07, 6.45) is 2.80. The van der Waals surface area contributed by atoms with Crippen LogP contribution in [0, 0.1) is 5.82 Å². The molecular weight excluding hydrogens is 383 g/mol. The molecule has 158 valence electrons. The number of halogens is 1. The Hall–Kier alpha value is -3.12. The topological polar surface area (TPSA) is 43.7 Å². The van der Waals surface area contributed by atoms with Crippen molar-refractivity contribution in [1.29, 1.82) is 0 Å². The number of likely N-dealkylation sites (N-methyl/N-ethyl adjacent to an activating group) is 1. The molecule has 0 unspecified atom stereocenters. The highest BCUT2D eigenvalue weighted by atomic mass is 19.1. The second kappa shape index (κ2) is 10.6. The minimum absolute atomic E-state index is 0.193. The van der Waals surface area contributed by atoms with Crippen LogP contribution >= 0.6 is 0 Å². The predicted molar refractivity (Wildman–Crippen MR) is 116 cm³/mol. The second-order valence-electron chi connectivity index (χ2n) is 7.13. The second-order valence-corrected chi connectivity index (χ2v) is 7.13. The number of hydrogen-bond donors (Lipinski definition) is 0. The lowest BCUT2D eigenvalue weighted by Crippen LogP contribution is -2.24. The van der Waals surface area contributed by atoms with E-state index in [4.69, 9.17) is 9.47 Å². The largest absolute Gasteiger partial charge is 0.492 e. The van der Waals surface area contributed by atoms with Crippen LogP contribution in [-0.2, 0) is 6.61 Å². The normalized spacial score (nSPS) is 10.9. The molecule has 0 bridgehead atoms. The van der Waals surface area contributed by atoms with Gasteiger partial charge in [0.05, 0.1) is 0 Å². The van der Waals surface area contributed by atoms with Gasteiger partial charge in [-0.3, -0.25) is 9.36 Å². The smallest absolute Gasteiger partial charge is 0.258 e. The van der Waals surface area contributed by atoms with E-state index in [9.17, 15) is 9.18 Å². The van der Waals surface area contributed by atoms with Gasteiger partial charge in [0.15, 0.2) is 0 Å². The zero-order valence-corrected chi connectivity index (χ0v) is 17.4. The van der Waals surface area contributed by atoms with E-state index < -0.39 is 0 Å². The van der Waals surface area contributed by atoms with Gasteiger partial charge in [-0.15, -0.1) is 0 Å². The number of nitrogens with zero attached hydrogens (tertiary/aromatic N) is 2. The van der Waals surface area contributed by atoms with Gasteiger partial charge in [0.1, 0.15) is 30.5 Å². The number of ether oxygens (including phenoxy) is 2. The van der Waals surface area contributed by atoms with Gasteiger partial charge in [0.25, 0.3) is 5.56 Å². The van der Waals surface area contributed by atoms with Crippen LogP contribution in [-0.4, -0.2) is 36.2 Å². The Balaban J connectivity index is 1.57. The van der Waals surface area contributed by atoms with E-state index in [-0.39, 0.29) is 18.0 Å². The van der Waals surface area contributed by atoms with Crippen molar-refractivity contribution in [2.45, 2.75) is 20.0 Å². The Kier molecular flexibility index (Phi) is 7.63. The first kappa shape index (κ1) is 21.6. The Morgan fingerprint density at radius 1 is 0.933 bits per heavy atom. The maximum atomic E-state index is 13.0. The van der Waals surface area contributed by atoms with E-state index in [1.54, 1.807) is 29.0 Å². The lowest BCUT2D eigenvalue weighted by molar-refractivity contribution is 0.237. The van der Waals surface area contributed by atoms with Crippen molar-refractivity contribution >= 4 is 0 Å². The van der Waals surface area contributed by atoms with Crippen LogP contribution in [0.4, 0.5) is 4.39 Å². The average molecular weight is 410 g/mol. The van der Waals surface area contributed by atoms with Crippen molar-refractivity contribution in [3.63, 3.8) is 0 Å². The van der Waals surface area contributed by atoms with Crippen molar-refractivity contribution in [2.24, 2.45) is 0 Å². The zero-order valence-electron chi connectivity index (χ0n) is 17.4. The Labute approximate surface area is 176 Å². The third kappa shape index (κ3) is 6.19. The van der Waals surface area contributed by atoms with E-state index in [0.717, 1.165) is 36.5 Å². The van der Waals surface area contributed by atoms with Crippen LogP contribution in [0.3, 0.4) is 0 Å². The monoisotopic (exact) mass is 410 g/mol. The molecule has 0 fully saturated rings. The van der Waals surface area contributed by atoms with Crippen LogP contribution in [0.25, 0.3) is 5.69 Å². The highest BCUT2D eigenvalue weighted by molar-refractivity contribution is 5.38. The van der Waals surface area contributed by atoms with Crippen molar-refractivity contribution < 1.29 is 13.9 Å². The lowest BCUT2D eigenvalue weighted by atomic mass is 10.2. The molecule has 5 nitrogen and oxygen atoms in total. The fourth-order valence-corrected chi connectivity index (χ4v) is 3.03. The molecule has 0 N–H and O–H groups in total. The summed E-state index contributed by atoms with van der Waals surface area (Å²) in [5, 5.41) is 0. The van der Waals surface area contributed by atoms with Crippen molar-refractivity contribution in [2.75, 3.05) is 26.7 Å². The van der Waals surface area contributed by atoms with Gasteiger partial charge in [0, 0.05) is 24.5 Å². The number of pyridine rings is 1. The summed E-state index contributed by atoms with van der Waals surface area (Å²) in [6, 6.07) is 16.7. The summed E-state index contributed by atoms with van der Waals surface area (Å²) in [7, 11) is 2.08. The molecule has 0 radical (unpaired) electrons. The summed E-state index contributed by atoms with van der Waals surface area (Å²) in [5.74, 6) is 0.953. The van der Waals surface area contributed by atoms with Gasteiger partial charge >= 0.3 is 0 Å². The molecule has 3 aromatic rings. The summed E-state index contributed by atoms with van der Waals surface area (Å²) >= 11 is 0. The zero-order chi connectivity index (χ0) is 21.3. The van der Waals surface area contributed by atoms with Crippen molar-refractivity contribution in [3.05, 3.63) is 88.6 Å². The minimum Gasteiger partial charge on any atom is -0.492 e. The molecule has 0 spiro atoms. The van der Waals surface area contributed by atoms with E-state index >= 15 is 0 Å². The van der Waals surface area contributed by atoms with Gasteiger partial charge in [-0.1, -0.05) is 19.1 Å². The van der Waals surface area contributed by atoms with Crippen LogP contribution in [0.1, 0.15) is 18.9 Å². The number of rotatable bonds is 10. The maximum Gasteiger partial charge on any atom is 0.258 e. The standard InChI is InChI=1S/C24H27FN2O3/c1-3-13-26(2)15-16-29-22-10-8-21(9-11-22)27-14-12-23(17-24(27)28)30-18-19-4-6-20(25)7-5-19/h4-12,14,17H,3,13,15-16,18H2,1-2H3. The Morgan fingerprint density at radius 2 is 1.67 bits per heavy atom. The van der Waals surface area contributed by atoms with Gasteiger partial charge in [-0.25, -0.2) is 4.39 Å². The molecule has 0 atom stereocenters. The highest BCUT2D eigenvalue weighted by Crippen LogP contribution is 2.16. The van der Waals surface area contributed by atoms with E-state index in [0.29, 0.717) is 12.4 Å². The van der Waals surface area contributed by atoms with Crippen molar-refractivity contribution in [1.82, 2.24) is 9.47 Å². The highest BCUT2D eigenvalue weighted by Gasteiger charge is 2.04. The molecule has 0 aliphatic carbocycles. The Bertz CT molecular complexity index is 985. The molecule has 1 heterocycles. The Morgan fingerprint density at radius 3 is 2.33 bits per heavy atom. The van der Waals surface area contributed by atoms with Gasteiger partial charge < -0.3 is 14.4 Å². The molecule has 0 amide bonds. The molecular formula is C24H27FN2O3. The van der Waals surface area contributed by atoms with Gasteiger partial charge in [-0.05, 0) is 68.0 Å². The summed E-state index contributed by atoms with van der Waals surface area (Å²) in [5.41, 5.74) is 1.39. The molecule has 6 heteroatoms. The lowest BCUT2D eigenvalue weighted by Gasteiger charge is -2.16. The van der Waals surface area contributed by atoms with E-state index in [1.165, 1.54) is 18.2 Å². The quantitative estimate of drug-likeness (QED) is 0.501. The summed E-state index contributed by atoms with van der Waals surface area (Å²) in [6.45, 7) is 4.96. The first-order valence-electron chi connectivity index (χ1n) is 10.1. The number of hydrogen-bond acceptors (Lipinski definition) is 4. The van der Waals surface area contributed by atoms with E-state index in [1.807, 2.05) is 24.3 Å². The molecule has 30 heavy (non-hydrogen) atoms. The molecule has 0 aliphatic rings. The molecule has 3 rings (SSSR count). The average Bonchev–Trinajstić information content (AvgIpc) is 2.74. The maximum absolute atomic E-state index is 13.0. The van der Waals surface area contributed by atoms with Crippen LogP contribution < -0.4 is 15.0 Å². The first-order valence-corrected chi connectivity index (χ1v) is 10.1. The summed E-state index contributed by atoms with van der Waals surface area (Å²) < 4.78 is 25.9. The van der Waals surface area contributed by atoms with Gasteiger partial charge in [-0.2, -0.15) is 0 Å². The van der Waals surface area contributed by atoms with Crippen LogP contribution in [0.5, 0.6) is 11.5 Å². The predicted octanol–water partition coefficient (Wildman–Crippen LogP) is 4.28. The molecule has 0 saturated carbocycles. The molecule has 0 aliphatic heterocycles. The molecule has 2 aromatic carbocycles. The van der Waals surface area contributed by atoms with Crippen molar-refractivity contribution in [3.8, 4) is 17.2 Å². The van der Waals surface area contributed by atoms with Crippen LogP contribution in [0.2, 0.25) is 0 Å². The van der Waals surface area contributed by atoms with Crippen LogP contribution in [0.15, 0.2) is 71.7 Å². The summed E-state index contributed by atoms with van der Waals surface area (Å²) in [4.78, 5) is 14.7. The van der Waals surface area contributed by atoms with Gasteiger partial charge in [0.2, 0.25) is 0 Å². The fourth-order valence-electron chi connectivity index (χ4n) is 3.03. The molecule has 1 aromatic heterocycles. The minimum atomic E-state index is -0.290. The third-order valence-corrected chi connectivity index (χ3v) is 4.67.